The van der Waals surface area contributed by atoms with Crippen molar-refractivity contribution in [3.05, 3.63) is 60.7 Å². The topological polar surface area (TPSA) is 40.5 Å². The number of rotatable bonds is 0. The predicted octanol–water partition coefficient (Wildman–Crippen LogP) is 3.63. The third-order valence-corrected chi connectivity index (χ3v) is 1.51. The van der Waals surface area contributed by atoms with E-state index in [4.69, 9.17) is 10.2 Å². The normalized spacial score (nSPS) is 7.06. The molecule has 0 aliphatic rings. The van der Waals surface area contributed by atoms with Crippen LogP contribution < -0.4 is 0 Å². The minimum atomic E-state index is 0. The summed E-state index contributed by atoms with van der Waals surface area (Å²) in [6.07, 6.45) is 0. The van der Waals surface area contributed by atoms with Crippen LogP contribution in [0.1, 0.15) is 0 Å². The molecule has 0 aliphatic carbocycles. The molecule has 92 valence electrons. The molecule has 2 nitrogen and oxygen atoms in total. The molecule has 2 aromatic rings. The Morgan fingerprint density at radius 1 is 0.529 bits per heavy atom. The Bertz CT molecular complexity index is 320. The van der Waals surface area contributed by atoms with E-state index in [0.717, 1.165) is 0 Å². The third kappa shape index (κ3) is 11.7. The van der Waals surface area contributed by atoms with Crippen molar-refractivity contribution in [3.8, 4) is 11.5 Å². The minimum absolute atomic E-state index is 0. The van der Waals surface area contributed by atoms with E-state index >= 15 is 0 Å². The van der Waals surface area contributed by atoms with Crippen LogP contribution in [0, 0.1) is 0 Å². The van der Waals surface area contributed by atoms with Gasteiger partial charge in [-0.3, -0.25) is 0 Å². The smallest absolute Gasteiger partial charge is 0.115 e. The number of halogens is 2. The fourth-order valence-electron chi connectivity index (χ4n) is 0.856. The second kappa shape index (κ2) is 13.6. The maximum atomic E-state index is 8.63. The largest absolute Gasteiger partial charge is 0.508 e. The zero-order valence-electron chi connectivity index (χ0n) is 8.98. The number of aromatic hydroxyl groups is 2. The number of hydrogen-bond acceptors (Lipinski definition) is 2. The summed E-state index contributed by atoms with van der Waals surface area (Å²) in [6.45, 7) is 0. The second-order valence-electron chi connectivity index (χ2n) is 2.67. The monoisotopic (exact) mass is 440 g/mol. The average Bonchev–Trinajstić information content (AvgIpc) is 2.21. The summed E-state index contributed by atoms with van der Waals surface area (Å²) in [4.78, 5) is 0. The zero-order chi connectivity index (χ0) is 10.2. The SMILES string of the molecule is Cl.Cl.Oc1ccccc1.Oc1ccccc1.[Hf]. The number of benzene rings is 2. The van der Waals surface area contributed by atoms with Crippen LogP contribution in [-0.4, -0.2) is 10.2 Å². The van der Waals surface area contributed by atoms with Gasteiger partial charge < -0.3 is 10.2 Å². The molecule has 2 rings (SSSR count). The summed E-state index contributed by atoms with van der Waals surface area (Å²) in [6, 6.07) is 17.4. The molecule has 0 spiro atoms. The van der Waals surface area contributed by atoms with Crippen LogP contribution in [0.15, 0.2) is 60.7 Å². The molecule has 2 N–H and O–H groups in total. The van der Waals surface area contributed by atoms with Crippen molar-refractivity contribution in [2.45, 2.75) is 0 Å². The molecular weight excluding hydrogens is 426 g/mol. The Hall–Kier alpha value is -0.510. The molecule has 0 heterocycles. The van der Waals surface area contributed by atoms with E-state index < -0.39 is 0 Å². The van der Waals surface area contributed by atoms with Crippen LogP contribution in [0.2, 0.25) is 0 Å². The quantitative estimate of drug-likeness (QED) is 0.616. The number of hydrogen-bond donors (Lipinski definition) is 2. The number of phenols is 2. The Kier molecular flexibility index (Phi) is 17.3. The van der Waals surface area contributed by atoms with E-state index in [0.29, 0.717) is 11.5 Å². The second-order valence-corrected chi connectivity index (χ2v) is 2.67. The van der Waals surface area contributed by atoms with E-state index in [1.54, 1.807) is 48.5 Å². The van der Waals surface area contributed by atoms with E-state index in [9.17, 15) is 0 Å². The number of phenolic OH excluding ortho intramolecular Hbond substituents is 2. The molecule has 17 heavy (non-hydrogen) atoms. The molecule has 0 aromatic heterocycles. The summed E-state index contributed by atoms with van der Waals surface area (Å²) in [5, 5.41) is 17.3. The van der Waals surface area contributed by atoms with Gasteiger partial charge >= 0.3 is 0 Å². The van der Waals surface area contributed by atoms with Gasteiger partial charge in [0.15, 0.2) is 0 Å². The summed E-state index contributed by atoms with van der Waals surface area (Å²) in [7, 11) is 0. The van der Waals surface area contributed by atoms with Crippen molar-refractivity contribution >= 4 is 24.8 Å². The van der Waals surface area contributed by atoms with Gasteiger partial charge in [-0.1, -0.05) is 36.4 Å². The first-order chi connectivity index (χ1) is 6.79. The molecule has 0 unspecified atom stereocenters. The molecule has 0 saturated carbocycles. The fraction of sp³-hybridized carbons (Fsp3) is 0. The van der Waals surface area contributed by atoms with E-state index in [2.05, 4.69) is 0 Å². The third-order valence-electron chi connectivity index (χ3n) is 1.51. The average molecular weight is 440 g/mol. The van der Waals surface area contributed by atoms with Crippen LogP contribution >= 0.6 is 24.8 Å². The maximum absolute atomic E-state index is 8.63. The Labute approximate surface area is 132 Å². The first kappa shape index (κ1) is 21.7. The van der Waals surface area contributed by atoms with Gasteiger partial charge in [0.05, 0.1) is 0 Å². The van der Waals surface area contributed by atoms with Crippen molar-refractivity contribution in [2.24, 2.45) is 0 Å². The van der Waals surface area contributed by atoms with Crippen molar-refractivity contribution in [1.82, 2.24) is 0 Å². The van der Waals surface area contributed by atoms with Crippen LogP contribution in [0.5, 0.6) is 11.5 Å². The Morgan fingerprint density at radius 2 is 0.765 bits per heavy atom. The van der Waals surface area contributed by atoms with Gasteiger partial charge in [0.1, 0.15) is 11.5 Å². The van der Waals surface area contributed by atoms with Crippen molar-refractivity contribution < 1.29 is 36.1 Å². The van der Waals surface area contributed by atoms with Gasteiger partial charge in [-0.25, -0.2) is 0 Å². The fourth-order valence-corrected chi connectivity index (χ4v) is 0.856. The standard InChI is InChI=1S/2C6H6O.2ClH.Hf/c2*7-6-4-2-1-3-5-6;;;/h2*1-5,7H;2*1H;. The summed E-state index contributed by atoms with van der Waals surface area (Å²) in [5.74, 6) is 0.644. The first-order valence-electron chi connectivity index (χ1n) is 4.27. The van der Waals surface area contributed by atoms with E-state index in [1.165, 1.54) is 0 Å². The van der Waals surface area contributed by atoms with Gasteiger partial charge in [-0.05, 0) is 24.3 Å². The molecule has 0 amide bonds. The molecule has 0 radical (unpaired) electrons. The van der Waals surface area contributed by atoms with E-state index in [1.807, 2.05) is 12.1 Å². The molecule has 0 fully saturated rings. The molecule has 5 heteroatoms. The molecule has 0 atom stereocenters. The van der Waals surface area contributed by atoms with Gasteiger partial charge in [0.25, 0.3) is 0 Å². The summed E-state index contributed by atoms with van der Waals surface area (Å²) < 4.78 is 0. The maximum Gasteiger partial charge on any atom is 0.115 e. The van der Waals surface area contributed by atoms with Crippen molar-refractivity contribution in [2.75, 3.05) is 0 Å². The van der Waals surface area contributed by atoms with Gasteiger partial charge in [-0.15, -0.1) is 24.8 Å². The van der Waals surface area contributed by atoms with Gasteiger partial charge in [-0.2, -0.15) is 0 Å². The van der Waals surface area contributed by atoms with Crippen LogP contribution in [-0.2, 0) is 25.8 Å². The number of para-hydroxylation sites is 2. The first-order valence-corrected chi connectivity index (χ1v) is 4.27. The molecular formula is C12H14Cl2HfO2. The molecule has 0 saturated heterocycles. The molecule has 0 aliphatic heterocycles. The predicted molar refractivity (Wildman–Crippen MR) is 70.7 cm³/mol. The molecule has 2 aromatic carbocycles. The summed E-state index contributed by atoms with van der Waals surface area (Å²) >= 11 is 0. The summed E-state index contributed by atoms with van der Waals surface area (Å²) in [5.41, 5.74) is 0. The van der Waals surface area contributed by atoms with Gasteiger partial charge in [0, 0.05) is 25.8 Å². The van der Waals surface area contributed by atoms with Crippen molar-refractivity contribution in [3.63, 3.8) is 0 Å². The molecule has 0 bridgehead atoms. The van der Waals surface area contributed by atoms with Crippen LogP contribution in [0.3, 0.4) is 0 Å². The van der Waals surface area contributed by atoms with Gasteiger partial charge in [0.2, 0.25) is 0 Å². The van der Waals surface area contributed by atoms with Crippen LogP contribution in [0.4, 0.5) is 0 Å². The van der Waals surface area contributed by atoms with Crippen LogP contribution in [0.25, 0.3) is 0 Å². The Balaban J connectivity index is -0.000000196. The Morgan fingerprint density at radius 3 is 0.882 bits per heavy atom. The minimum Gasteiger partial charge on any atom is -0.508 e. The van der Waals surface area contributed by atoms with Crippen molar-refractivity contribution in [1.29, 1.82) is 0 Å². The van der Waals surface area contributed by atoms with E-state index in [-0.39, 0.29) is 50.7 Å². The zero-order valence-corrected chi connectivity index (χ0v) is 14.2.